The molecule has 1 aromatic carbocycles. The zero-order chi connectivity index (χ0) is 20.4. The van der Waals surface area contributed by atoms with Crippen molar-refractivity contribution in [3.05, 3.63) is 53.5 Å². The van der Waals surface area contributed by atoms with Crippen LogP contribution < -0.4 is 9.64 Å². The lowest BCUT2D eigenvalue weighted by Gasteiger charge is -2.28. The van der Waals surface area contributed by atoms with Crippen LogP contribution in [-0.2, 0) is 11.2 Å². The van der Waals surface area contributed by atoms with Crippen molar-refractivity contribution in [1.82, 2.24) is 15.1 Å². The maximum Gasteiger partial charge on any atom is 0.238 e. The number of carbonyl (C=O) groups is 1. The van der Waals surface area contributed by atoms with Gasteiger partial charge in [0.05, 0.1) is 6.54 Å². The van der Waals surface area contributed by atoms with E-state index in [1.54, 1.807) is 4.90 Å². The van der Waals surface area contributed by atoms with Crippen molar-refractivity contribution in [1.29, 1.82) is 0 Å². The van der Waals surface area contributed by atoms with Crippen molar-refractivity contribution in [2.24, 2.45) is 0 Å². The number of benzene rings is 1. The average Bonchev–Trinajstić information content (AvgIpc) is 3.20. The van der Waals surface area contributed by atoms with Crippen LogP contribution in [0, 0.1) is 6.92 Å². The Morgan fingerprint density at radius 1 is 1.14 bits per heavy atom. The smallest absolute Gasteiger partial charge is 0.238 e. The minimum Gasteiger partial charge on any atom is -0.474 e. The standard InChI is InChI=1S/C22H24N4O3/c1-14(2)16-5-7-17(8-6-16)21-24-19(29-25-21)10-11-20(27)26-12-13-28-22-18(26)9-4-15(3)23-22/h4-9,14H,10-13H2,1-3H3. The first-order valence-corrected chi connectivity index (χ1v) is 9.85. The molecule has 0 atom stereocenters. The van der Waals surface area contributed by atoms with Gasteiger partial charge in [-0.05, 0) is 30.5 Å². The first-order valence-electron chi connectivity index (χ1n) is 9.85. The fourth-order valence-electron chi connectivity index (χ4n) is 3.29. The van der Waals surface area contributed by atoms with E-state index in [2.05, 4.69) is 41.1 Å². The second kappa shape index (κ2) is 8.03. The molecule has 7 nitrogen and oxygen atoms in total. The largest absolute Gasteiger partial charge is 0.474 e. The zero-order valence-electron chi connectivity index (χ0n) is 16.9. The van der Waals surface area contributed by atoms with Crippen molar-refractivity contribution in [2.45, 2.75) is 39.5 Å². The Bertz CT molecular complexity index is 1010. The van der Waals surface area contributed by atoms with Gasteiger partial charge in [-0.25, -0.2) is 4.98 Å². The molecule has 1 aliphatic heterocycles. The van der Waals surface area contributed by atoms with Crippen molar-refractivity contribution >= 4 is 11.6 Å². The molecule has 0 radical (unpaired) electrons. The van der Waals surface area contributed by atoms with Gasteiger partial charge in [-0.15, -0.1) is 0 Å². The lowest BCUT2D eigenvalue weighted by atomic mass is 10.0. The Labute approximate surface area is 169 Å². The predicted octanol–water partition coefficient (Wildman–Crippen LogP) is 3.92. The van der Waals surface area contributed by atoms with Crippen LogP contribution in [0.15, 0.2) is 40.9 Å². The number of pyridine rings is 1. The van der Waals surface area contributed by atoms with E-state index >= 15 is 0 Å². The van der Waals surface area contributed by atoms with Crippen LogP contribution in [0.25, 0.3) is 11.4 Å². The monoisotopic (exact) mass is 392 g/mol. The number of carbonyl (C=O) groups excluding carboxylic acids is 1. The van der Waals surface area contributed by atoms with E-state index in [0.29, 0.717) is 48.8 Å². The van der Waals surface area contributed by atoms with E-state index in [9.17, 15) is 4.79 Å². The molecule has 0 saturated carbocycles. The van der Waals surface area contributed by atoms with Crippen LogP contribution in [0.1, 0.15) is 43.3 Å². The van der Waals surface area contributed by atoms with Crippen LogP contribution in [0.5, 0.6) is 5.88 Å². The van der Waals surface area contributed by atoms with Gasteiger partial charge in [0.1, 0.15) is 12.3 Å². The van der Waals surface area contributed by atoms with E-state index in [4.69, 9.17) is 9.26 Å². The molecule has 0 N–H and O–H groups in total. The molecule has 0 fully saturated rings. The Morgan fingerprint density at radius 3 is 2.69 bits per heavy atom. The van der Waals surface area contributed by atoms with Crippen molar-refractivity contribution < 1.29 is 14.1 Å². The van der Waals surface area contributed by atoms with Gasteiger partial charge in [0.25, 0.3) is 0 Å². The minimum atomic E-state index is -0.0127. The summed E-state index contributed by atoms with van der Waals surface area (Å²) in [6.07, 6.45) is 0.670. The minimum absolute atomic E-state index is 0.0127. The summed E-state index contributed by atoms with van der Waals surface area (Å²) in [5, 5.41) is 4.06. The number of rotatable bonds is 5. The van der Waals surface area contributed by atoms with Gasteiger partial charge in [0.15, 0.2) is 0 Å². The number of aryl methyl sites for hydroxylation is 2. The van der Waals surface area contributed by atoms with Gasteiger partial charge in [0.2, 0.25) is 23.5 Å². The van der Waals surface area contributed by atoms with Gasteiger partial charge in [-0.3, -0.25) is 4.79 Å². The maximum absolute atomic E-state index is 12.7. The van der Waals surface area contributed by atoms with Gasteiger partial charge in [0, 0.05) is 24.1 Å². The van der Waals surface area contributed by atoms with Crippen molar-refractivity contribution in [3.63, 3.8) is 0 Å². The summed E-state index contributed by atoms with van der Waals surface area (Å²) in [6, 6.07) is 11.9. The van der Waals surface area contributed by atoms with Gasteiger partial charge in [-0.1, -0.05) is 43.3 Å². The average molecular weight is 392 g/mol. The van der Waals surface area contributed by atoms with Crippen molar-refractivity contribution in [2.75, 3.05) is 18.1 Å². The summed E-state index contributed by atoms with van der Waals surface area (Å²) in [4.78, 5) is 23.3. The molecule has 0 saturated heterocycles. The number of hydrogen-bond acceptors (Lipinski definition) is 6. The van der Waals surface area contributed by atoms with E-state index in [1.807, 2.05) is 31.2 Å². The van der Waals surface area contributed by atoms with Gasteiger partial charge in [-0.2, -0.15) is 4.98 Å². The van der Waals surface area contributed by atoms with E-state index < -0.39 is 0 Å². The predicted molar refractivity (Wildman–Crippen MR) is 109 cm³/mol. The summed E-state index contributed by atoms with van der Waals surface area (Å²) in [6.45, 7) is 7.15. The Hall–Kier alpha value is -3.22. The highest BCUT2D eigenvalue weighted by atomic mass is 16.5. The van der Waals surface area contributed by atoms with Gasteiger partial charge >= 0.3 is 0 Å². The first kappa shape index (κ1) is 19.1. The third kappa shape index (κ3) is 4.13. The number of hydrogen-bond donors (Lipinski definition) is 0. The number of nitrogens with zero attached hydrogens (tertiary/aromatic N) is 4. The quantitative estimate of drug-likeness (QED) is 0.655. The zero-order valence-corrected chi connectivity index (χ0v) is 16.9. The molecule has 150 valence electrons. The summed E-state index contributed by atoms with van der Waals surface area (Å²) in [5.74, 6) is 1.96. The maximum atomic E-state index is 12.7. The third-order valence-electron chi connectivity index (χ3n) is 4.98. The summed E-state index contributed by atoms with van der Waals surface area (Å²) in [7, 11) is 0. The molecule has 1 amide bonds. The summed E-state index contributed by atoms with van der Waals surface area (Å²) < 4.78 is 10.9. The molecule has 1 aliphatic rings. The number of ether oxygens (including phenoxy) is 1. The fourth-order valence-corrected chi connectivity index (χ4v) is 3.29. The Morgan fingerprint density at radius 2 is 1.93 bits per heavy atom. The van der Waals surface area contributed by atoms with Gasteiger partial charge < -0.3 is 14.2 Å². The topological polar surface area (TPSA) is 81.4 Å². The summed E-state index contributed by atoms with van der Waals surface area (Å²) >= 11 is 0. The molecule has 0 bridgehead atoms. The van der Waals surface area contributed by atoms with E-state index in [1.165, 1.54) is 5.56 Å². The number of aromatic nitrogens is 3. The van der Waals surface area contributed by atoms with Crippen LogP contribution in [0.4, 0.5) is 5.69 Å². The molecular formula is C22H24N4O3. The van der Waals surface area contributed by atoms with E-state index in [-0.39, 0.29) is 12.3 Å². The van der Waals surface area contributed by atoms with Crippen LogP contribution in [0.3, 0.4) is 0 Å². The van der Waals surface area contributed by atoms with Crippen molar-refractivity contribution in [3.8, 4) is 17.3 Å². The SMILES string of the molecule is Cc1ccc2c(n1)OCCN2C(=O)CCc1nc(-c2ccc(C(C)C)cc2)no1. The highest BCUT2D eigenvalue weighted by molar-refractivity contribution is 5.95. The first-order chi connectivity index (χ1) is 14.0. The molecule has 2 aromatic heterocycles. The normalized spacial score (nSPS) is 13.3. The molecule has 0 aliphatic carbocycles. The van der Waals surface area contributed by atoms with Crippen LogP contribution in [-0.4, -0.2) is 34.2 Å². The highest BCUT2D eigenvalue weighted by Gasteiger charge is 2.25. The Balaban J connectivity index is 1.41. The second-order valence-electron chi connectivity index (χ2n) is 7.46. The fraction of sp³-hybridized carbons (Fsp3) is 0.364. The number of fused-ring (bicyclic) bond motifs is 1. The molecular weight excluding hydrogens is 368 g/mol. The third-order valence-corrected chi connectivity index (χ3v) is 4.98. The highest BCUT2D eigenvalue weighted by Crippen LogP contribution is 2.30. The number of anilines is 1. The molecule has 3 heterocycles. The van der Waals surface area contributed by atoms with Crippen LogP contribution >= 0.6 is 0 Å². The number of amides is 1. The molecule has 7 heteroatoms. The lowest BCUT2D eigenvalue weighted by molar-refractivity contribution is -0.118. The lowest BCUT2D eigenvalue weighted by Crippen LogP contribution is -2.38. The Kier molecular flexibility index (Phi) is 5.29. The molecule has 0 spiro atoms. The summed E-state index contributed by atoms with van der Waals surface area (Å²) in [5.41, 5.74) is 3.74. The van der Waals surface area contributed by atoms with E-state index in [0.717, 1.165) is 11.3 Å². The molecule has 4 rings (SSSR count). The molecule has 3 aromatic rings. The second-order valence-corrected chi connectivity index (χ2v) is 7.46. The molecule has 0 unspecified atom stereocenters. The van der Waals surface area contributed by atoms with Crippen LogP contribution in [0.2, 0.25) is 0 Å². The molecule has 29 heavy (non-hydrogen) atoms.